The second kappa shape index (κ2) is 4.04. The van der Waals surface area contributed by atoms with E-state index >= 15 is 0 Å². The van der Waals surface area contributed by atoms with Crippen molar-refractivity contribution in [3.05, 3.63) is 31.4 Å². The maximum Gasteiger partial charge on any atom is 0.140 e. The first-order valence-corrected chi connectivity index (χ1v) is 6.61. The molecule has 2 rings (SSSR count). The fraction of sp³-hybridized carbons (Fsp3) is 0. The summed E-state index contributed by atoms with van der Waals surface area (Å²) in [4.78, 5) is 0. The zero-order valence-electron chi connectivity index (χ0n) is 8.07. The monoisotopic (exact) mass is 404 g/mol. The SMILES string of the molecule is Bc1ccc(I)c2c(B)ccc(I)c12. The molecule has 0 aromatic heterocycles. The van der Waals surface area contributed by atoms with Gasteiger partial charge in [-0.15, -0.1) is 0 Å². The highest BCUT2D eigenvalue weighted by Gasteiger charge is 2.06. The lowest BCUT2D eigenvalue weighted by atomic mass is 9.84. The molecule has 2 aromatic carbocycles. The van der Waals surface area contributed by atoms with E-state index in [-0.39, 0.29) is 0 Å². The van der Waals surface area contributed by atoms with Gasteiger partial charge in [0.15, 0.2) is 0 Å². The molecule has 0 heterocycles. The molecule has 4 heteroatoms. The molecule has 0 spiro atoms. The first-order chi connectivity index (χ1) is 6.61. The van der Waals surface area contributed by atoms with E-state index in [0.717, 1.165) is 0 Å². The third-order valence-electron chi connectivity index (χ3n) is 2.48. The summed E-state index contributed by atoms with van der Waals surface area (Å²) < 4.78 is 2.69. The molecule has 0 saturated heterocycles. The lowest BCUT2D eigenvalue weighted by molar-refractivity contribution is 1.73. The maximum absolute atomic E-state index is 2.41. The Morgan fingerprint density at radius 3 is 1.43 bits per heavy atom. The molecule has 0 atom stereocenters. The van der Waals surface area contributed by atoms with Crippen molar-refractivity contribution in [3.8, 4) is 0 Å². The Morgan fingerprint density at radius 2 is 1.07 bits per heavy atom. The second-order valence-electron chi connectivity index (χ2n) is 3.48. The third-order valence-corrected chi connectivity index (χ3v) is 4.27. The predicted molar refractivity (Wildman–Crippen MR) is 85.7 cm³/mol. The van der Waals surface area contributed by atoms with Crippen LogP contribution in [0.5, 0.6) is 0 Å². The van der Waals surface area contributed by atoms with E-state index in [1.165, 1.54) is 28.8 Å². The zero-order valence-corrected chi connectivity index (χ0v) is 12.4. The smallest absolute Gasteiger partial charge is 0.0802 e. The standard InChI is InChI=1S/C10H8B2I2/c11-5-1-3-7(13)10-6(12)2-4-8(14)9(5)10/h1-4H,11-12H2. The van der Waals surface area contributed by atoms with Gasteiger partial charge in [-0.25, -0.2) is 0 Å². The summed E-state index contributed by atoms with van der Waals surface area (Å²) in [5.41, 5.74) is 2.74. The van der Waals surface area contributed by atoms with Crippen LogP contribution >= 0.6 is 45.2 Å². The van der Waals surface area contributed by atoms with Crippen molar-refractivity contribution in [1.29, 1.82) is 0 Å². The van der Waals surface area contributed by atoms with Crippen molar-refractivity contribution >= 4 is 82.6 Å². The van der Waals surface area contributed by atoms with Gasteiger partial charge in [-0.05, 0) is 68.1 Å². The van der Waals surface area contributed by atoms with Crippen LogP contribution in [0, 0.1) is 7.14 Å². The summed E-state index contributed by atoms with van der Waals surface area (Å²) in [5.74, 6) is 0. The van der Waals surface area contributed by atoms with Crippen LogP contribution in [0.4, 0.5) is 0 Å². The molecule has 14 heavy (non-hydrogen) atoms. The topological polar surface area (TPSA) is 0 Å². The van der Waals surface area contributed by atoms with E-state index in [0.29, 0.717) is 0 Å². The molecule has 0 saturated carbocycles. The molecule has 0 nitrogen and oxygen atoms in total. The highest BCUT2D eigenvalue weighted by atomic mass is 127. The van der Waals surface area contributed by atoms with E-state index in [1.807, 2.05) is 0 Å². The quantitative estimate of drug-likeness (QED) is 0.446. The summed E-state index contributed by atoms with van der Waals surface area (Å²) in [5, 5.41) is 2.83. The minimum atomic E-state index is 1.35. The van der Waals surface area contributed by atoms with Crippen LogP contribution in [0.1, 0.15) is 0 Å². The highest BCUT2D eigenvalue weighted by molar-refractivity contribution is 14.1. The Bertz CT molecular complexity index is 420. The van der Waals surface area contributed by atoms with Crippen LogP contribution in [0.2, 0.25) is 0 Å². The largest absolute Gasteiger partial charge is 0.140 e. The molecule has 0 aliphatic heterocycles. The number of rotatable bonds is 0. The van der Waals surface area contributed by atoms with Gasteiger partial charge >= 0.3 is 0 Å². The first kappa shape index (κ1) is 10.8. The van der Waals surface area contributed by atoms with E-state index in [2.05, 4.69) is 85.1 Å². The summed E-state index contributed by atoms with van der Waals surface area (Å²) in [6.45, 7) is 0. The summed E-state index contributed by atoms with van der Waals surface area (Å²) in [7, 11) is 4.36. The molecule has 0 N–H and O–H groups in total. The molecule has 0 fully saturated rings. The van der Waals surface area contributed by atoms with Crippen molar-refractivity contribution in [2.45, 2.75) is 0 Å². The van der Waals surface area contributed by atoms with Gasteiger partial charge in [-0.3, -0.25) is 0 Å². The van der Waals surface area contributed by atoms with Crippen molar-refractivity contribution in [3.63, 3.8) is 0 Å². The van der Waals surface area contributed by atoms with Crippen LogP contribution in [0.3, 0.4) is 0 Å². The highest BCUT2D eigenvalue weighted by Crippen LogP contribution is 2.21. The molecule has 0 aliphatic carbocycles. The zero-order chi connectivity index (χ0) is 10.3. The van der Waals surface area contributed by atoms with E-state index in [9.17, 15) is 0 Å². The number of halogens is 2. The average molecular weight is 404 g/mol. The van der Waals surface area contributed by atoms with E-state index in [1.54, 1.807) is 0 Å². The van der Waals surface area contributed by atoms with Crippen LogP contribution in [-0.2, 0) is 0 Å². The second-order valence-corrected chi connectivity index (χ2v) is 5.80. The van der Waals surface area contributed by atoms with Crippen LogP contribution in [0.25, 0.3) is 10.8 Å². The average Bonchev–Trinajstić information content (AvgIpc) is 2.16. The normalized spacial score (nSPS) is 10.7. The predicted octanol–water partition coefficient (Wildman–Crippen LogP) is 0.566. The summed E-state index contributed by atoms with van der Waals surface area (Å²) in [6.07, 6.45) is 0. The van der Waals surface area contributed by atoms with Gasteiger partial charge in [-0.1, -0.05) is 23.1 Å². The molecule has 0 radical (unpaired) electrons. The fourth-order valence-electron chi connectivity index (χ4n) is 1.74. The number of hydrogen-bond donors (Lipinski definition) is 0. The number of benzene rings is 2. The summed E-state index contributed by atoms with van der Waals surface area (Å²) >= 11 is 4.83. The Balaban J connectivity index is 3.05. The lowest BCUT2D eigenvalue weighted by Crippen LogP contribution is -2.13. The first-order valence-electron chi connectivity index (χ1n) is 4.45. The van der Waals surface area contributed by atoms with Crippen molar-refractivity contribution in [2.24, 2.45) is 0 Å². The van der Waals surface area contributed by atoms with Crippen molar-refractivity contribution in [1.82, 2.24) is 0 Å². The van der Waals surface area contributed by atoms with Gasteiger partial charge < -0.3 is 0 Å². The van der Waals surface area contributed by atoms with Gasteiger partial charge in [0.25, 0.3) is 0 Å². The number of hydrogen-bond acceptors (Lipinski definition) is 0. The minimum absolute atomic E-state index is 1.35. The van der Waals surface area contributed by atoms with Gasteiger partial charge in [0, 0.05) is 7.14 Å². The van der Waals surface area contributed by atoms with Crippen molar-refractivity contribution < 1.29 is 0 Å². The molecule has 2 aromatic rings. The van der Waals surface area contributed by atoms with Crippen molar-refractivity contribution in [2.75, 3.05) is 0 Å². The number of fused-ring (bicyclic) bond motifs is 1. The molecule has 68 valence electrons. The fourth-order valence-corrected chi connectivity index (χ4v) is 3.49. The van der Waals surface area contributed by atoms with Gasteiger partial charge in [0.05, 0.1) is 0 Å². The van der Waals surface area contributed by atoms with Crippen LogP contribution in [0.15, 0.2) is 24.3 Å². The van der Waals surface area contributed by atoms with Gasteiger partial charge in [0.2, 0.25) is 0 Å². The third kappa shape index (κ3) is 1.71. The molecule has 0 bridgehead atoms. The molecular formula is C10H8B2I2. The lowest BCUT2D eigenvalue weighted by Gasteiger charge is -2.09. The molecule has 0 amide bonds. The summed E-state index contributed by atoms with van der Waals surface area (Å²) in [6, 6.07) is 8.79. The Labute approximate surface area is 113 Å². The van der Waals surface area contributed by atoms with Crippen LogP contribution in [-0.4, -0.2) is 15.7 Å². The molecular weight excluding hydrogens is 396 g/mol. The Hall–Kier alpha value is 0.290. The van der Waals surface area contributed by atoms with E-state index in [4.69, 9.17) is 0 Å². The van der Waals surface area contributed by atoms with Crippen LogP contribution < -0.4 is 10.9 Å². The molecule has 0 unspecified atom stereocenters. The van der Waals surface area contributed by atoms with Gasteiger partial charge in [0.1, 0.15) is 15.7 Å². The minimum Gasteiger partial charge on any atom is -0.0802 e. The Morgan fingerprint density at radius 1 is 0.714 bits per heavy atom. The maximum atomic E-state index is 2.41. The Kier molecular flexibility index (Phi) is 3.12. The molecule has 0 aliphatic rings. The van der Waals surface area contributed by atoms with E-state index < -0.39 is 0 Å². The van der Waals surface area contributed by atoms with Gasteiger partial charge in [-0.2, -0.15) is 0 Å².